The molecule has 1 aromatic rings. The largest absolute Gasteiger partial charge is 0.381 e. The molecule has 152 valence electrons. The molecule has 4 rings (SSSR count). The SMILES string of the molecule is Cc1nnc(CN=C(NC2CC2)N2CCN(CC3CCOC3)CC2)n1C.I. The molecule has 1 atom stereocenters. The number of halogens is 1. The topological polar surface area (TPSA) is 70.8 Å². The number of aliphatic imine (C=N–C) groups is 1. The van der Waals surface area contributed by atoms with Crippen LogP contribution in [0.1, 0.15) is 30.9 Å². The fraction of sp³-hybridized carbons (Fsp3) is 0.833. The number of rotatable bonds is 5. The van der Waals surface area contributed by atoms with Crippen molar-refractivity contribution in [3.8, 4) is 0 Å². The van der Waals surface area contributed by atoms with Gasteiger partial charge < -0.3 is 19.5 Å². The third kappa shape index (κ3) is 5.54. The Kier molecular flexibility index (Phi) is 7.32. The Bertz CT molecular complexity index is 632. The zero-order chi connectivity index (χ0) is 17.9. The molecule has 0 bridgehead atoms. The van der Waals surface area contributed by atoms with E-state index in [9.17, 15) is 0 Å². The average Bonchev–Trinajstić information content (AvgIpc) is 3.22. The van der Waals surface area contributed by atoms with Crippen molar-refractivity contribution in [1.29, 1.82) is 0 Å². The molecule has 1 aromatic heterocycles. The van der Waals surface area contributed by atoms with Gasteiger partial charge in [-0.05, 0) is 32.1 Å². The predicted molar refractivity (Wildman–Crippen MR) is 115 cm³/mol. The molecule has 27 heavy (non-hydrogen) atoms. The summed E-state index contributed by atoms with van der Waals surface area (Å²) in [6.45, 7) is 9.87. The number of hydrogen-bond acceptors (Lipinski definition) is 5. The van der Waals surface area contributed by atoms with Crippen LogP contribution in [-0.4, -0.2) is 82.5 Å². The van der Waals surface area contributed by atoms with Crippen molar-refractivity contribution in [1.82, 2.24) is 29.9 Å². The summed E-state index contributed by atoms with van der Waals surface area (Å²) >= 11 is 0. The minimum atomic E-state index is 0. The highest BCUT2D eigenvalue weighted by Gasteiger charge is 2.28. The maximum Gasteiger partial charge on any atom is 0.194 e. The first kappa shape index (κ1) is 20.8. The molecule has 1 N–H and O–H groups in total. The van der Waals surface area contributed by atoms with E-state index in [1.165, 1.54) is 25.8 Å². The molecule has 1 aliphatic carbocycles. The van der Waals surface area contributed by atoms with Gasteiger partial charge in [-0.3, -0.25) is 4.90 Å². The van der Waals surface area contributed by atoms with Gasteiger partial charge in [-0.25, -0.2) is 4.99 Å². The Morgan fingerprint density at radius 3 is 2.56 bits per heavy atom. The minimum absolute atomic E-state index is 0. The van der Waals surface area contributed by atoms with Crippen LogP contribution >= 0.6 is 24.0 Å². The van der Waals surface area contributed by atoms with Crippen molar-refractivity contribution >= 4 is 29.9 Å². The van der Waals surface area contributed by atoms with Crippen LogP contribution in [0, 0.1) is 12.8 Å². The summed E-state index contributed by atoms with van der Waals surface area (Å²) in [5.41, 5.74) is 0. The minimum Gasteiger partial charge on any atom is -0.381 e. The lowest BCUT2D eigenvalue weighted by Gasteiger charge is -2.37. The Hall–Kier alpha value is -0.940. The van der Waals surface area contributed by atoms with Crippen LogP contribution in [0.5, 0.6) is 0 Å². The molecule has 2 saturated heterocycles. The molecule has 3 fully saturated rings. The van der Waals surface area contributed by atoms with Gasteiger partial charge in [-0.2, -0.15) is 0 Å². The maximum absolute atomic E-state index is 5.51. The normalized spacial score (nSPS) is 24.1. The van der Waals surface area contributed by atoms with Crippen LogP contribution in [-0.2, 0) is 18.3 Å². The van der Waals surface area contributed by atoms with Gasteiger partial charge in [0.15, 0.2) is 11.8 Å². The number of aryl methyl sites for hydroxylation is 1. The van der Waals surface area contributed by atoms with E-state index in [2.05, 4.69) is 25.3 Å². The third-order valence-electron chi connectivity index (χ3n) is 5.68. The highest BCUT2D eigenvalue weighted by molar-refractivity contribution is 14.0. The Labute approximate surface area is 178 Å². The molecule has 0 aromatic carbocycles. The van der Waals surface area contributed by atoms with E-state index < -0.39 is 0 Å². The van der Waals surface area contributed by atoms with Crippen molar-refractivity contribution in [3.05, 3.63) is 11.6 Å². The molecule has 8 nitrogen and oxygen atoms in total. The van der Waals surface area contributed by atoms with E-state index in [4.69, 9.17) is 9.73 Å². The zero-order valence-corrected chi connectivity index (χ0v) is 18.8. The molecular formula is C18H32IN7O. The monoisotopic (exact) mass is 489 g/mol. The van der Waals surface area contributed by atoms with E-state index in [0.29, 0.717) is 12.6 Å². The summed E-state index contributed by atoms with van der Waals surface area (Å²) in [5, 5.41) is 12.0. The summed E-state index contributed by atoms with van der Waals surface area (Å²) < 4.78 is 7.53. The van der Waals surface area contributed by atoms with Crippen LogP contribution in [0.25, 0.3) is 0 Å². The Morgan fingerprint density at radius 2 is 1.96 bits per heavy atom. The number of piperazine rings is 1. The van der Waals surface area contributed by atoms with Crippen LogP contribution in [0.3, 0.4) is 0 Å². The smallest absolute Gasteiger partial charge is 0.194 e. The summed E-state index contributed by atoms with van der Waals surface area (Å²) in [6, 6.07) is 0.601. The Balaban J connectivity index is 0.00000210. The molecule has 0 amide bonds. The van der Waals surface area contributed by atoms with Crippen LogP contribution in [0.15, 0.2) is 4.99 Å². The molecule has 1 saturated carbocycles. The van der Waals surface area contributed by atoms with Crippen molar-refractivity contribution in [3.63, 3.8) is 0 Å². The molecule has 9 heteroatoms. The van der Waals surface area contributed by atoms with Gasteiger partial charge >= 0.3 is 0 Å². The molecule has 2 aliphatic heterocycles. The Morgan fingerprint density at radius 1 is 1.19 bits per heavy atom. The quantitative estimate of drug-likeness (QED) is 0.378. The second-order valence-electron chi connectivity index (χ2n) is 7.80. The zero-order valence-electron chi connectivity index (χ0n) is 16.4. The highest BCUT2D eigenvalue weighted by atomic mass is 127. The first-order chi connectivity index (χ1) is 12.7. The lowest BCUT2D eigenvalue weighted by molar-refractivity contribution is 0.139. The summed E-state index contributed by atoms with van der Waals surface area (Å²) in [6.07, 6.45) is 3.72. The number of nitrogens with one attached hydrogen (secondary N) is 1. The maximum atomic E-state index is 5.51. The van der Waals surface area contributed by atoms with Gasteiger partial charge in [-0.1, -0.05) is 0 Å². The lowest BCUT2D eigenvalue weighted by atomic mass is 10.1. The molecule has 3 aliphatic rings. The molecular weight excluding hydrogens is 457 g/mol. The van der Waals surface area contributed by atoms with Gasteiger partial charge in [0, 0.05) is 52.4 Å². The third-order valence-corrected chi connectivity index (χ3v) is 5.68. The van der Waals surface area contributed by atoms with Gasteiger partial charge in [-0.15, -0.1) is 34.2 Å². The second kappa shape index (κ2) is 9.51. The van der Waals surface area contributed by atoms with Crippen LogP contribution in [0.2, 0.25) is 0 Å². The fourth-order valence-corrected chi connectivity index (χ4v) is 3.62. The highest BCUT2D eigenvalue weighted by Crippen LogP contribution is 2.20. The summed E-state index contributed by atoms with van der Waals surface area (Å²) in [4.78, 5) is 9.86. The number of ether oxygens (including phenoxy) is 1. The molecule has 0 radical (unpaired) electrons. The van der Waals surface area contributed by atoms with E-state index in [-0.39, 0.29) is 24.0 Å². The van der Waals surface area contributed by atoms with Crippen molar-refractivity contribution < 1.29 is 4.74 Å². The average molecular weight is 489 g/mol. The molecule has 3 heterocycles. The lowest BCUT2D eigenvalue weighted by Crippen LogP contribution is -2.53. The van der Waals surface area contributed by atoms with Crippen LogP contribution in [0.4, 0.5) is 0 Å². The van der Waals surface area contributed by atoms with Crippen LogP contribution < -0.4 is 5.32 Å². The molecule has 0 spiro atoms. The predicted octanol–water partition coefficient (Wildman–Crippen LogP) is 1.00. The summed E-state index contributed by atoms with van der Waals surface area (Å²) in [7, 11) is 2.00. The van der Waals surface area contributed by atoms with E-state index in [1.807, 2.05) is 18.5 Å². The van der Waals surface area contributed by atoms with Gasteiger partial charge in [0.25, 0.3) is 0 Å². The van der Waals surface area contributed by atoms with E-state index in [1.54, 1.807) is 0 Å². The number of guanidine groups is 1. The van der Waals surface area contributed by atoms with E-state index >= 15 is 0 Å². The second-order valence-corrected chi connectivity index (χ2v) is 7.80. The van der Waals surface area contributed by atoms with Gasteiger partial charge in [0.1, 0.15) is 12.4 Å². The number of aromatic nitrogens is 3. The van der Waals surface area contributed by atoms with Crippen molar-refractivity contribution in [2.45, 2.75) is 38.8 Å². The fourth-order valence-electron chi connectivity index (χ4n) is 3.62. The van der Waals surface area contributed by atoms with Gasteiger partial charge in [0.05, 0.1) is 6.61 Å². The van der Waals surface area contributed by atoms with Crippen molar-refractivity contribution in [2.24, 2.45) is 18.0 Å². The summed E-state index contributed by atoms with van der Waals surface area (Å²) in [5.74, 6) is 3.60. The standard InChI is InChI=1S/C18H31N7O.HI/c1-14-21-22-17(23(14)2)11-19-18(20-16-3-4-16)25-8-6-24(7-9-25)12-15-5-10-26-13-15;/h15-16H,3-13H2,1-2H3,(H,19,20);1H. The number of hydrogen-bond donors (Lipinski definition) is 1. The first-order valence-electron chi connectivity index (χ1n) is 9.90. The molecule has 1 unspecified atom stereocenters. The first-order valence-corrected chi connectivity index (χ1v) is 9.90. The number of nitrogens with zero attached hydrogens (tertiary/aromatic N) is 6. The van der Waals surface area contributed by atoms with Crippen molar-refractivity contribution in [2.75, 3.05) is 45.9 Å². The van der Waals surface area contributed by atoms with E-state index in [0.717, 1.165) is 62.9 Å². The van der Waals surface area contributed by atoms with Gasteiger partial charge in [0.2, 0.25) is 0 Å².